The third kappa shape index (κ3) is 3.12. The van der Waals surface area contributed by atoms with Gasteiger partial charge in [-0.1, -0.05) is 37.3 Å². The third-order valence-corrected chi connectivity index (χ3v) is 5.17. The van der Waals surface area contributed by atoms with Crippen molar-refractivity contribution in [1.82, 2.24) is 4.90 Å². The number of fused-ring (bicyclic) bond motifs is 2. The molecule has 22 heavy (non-hydrogen) atoms. The minimum atomic E-state index is -0.605. The van der Waals surface area contributed by atoms with Crippen LogP contribution >= 0.6 is 0 Å². The molecule has 2 fully saturated rings. The SMILES string of the molecule is CCC1(O)CC2CCCC(C1)N2C(=O)OCc1ccccc1. The zero-order valence-electron chi connectivity index (χ0n) is 13.2. The number of hydrogen-bond donors (Lipinski definition) is 1. The summed E-state index contributed by atoms with van der Waals surface area (Å²) in [6.07, 6.45) is 4.97. The molecule has 1 aromatic rings. The van der Waals surface area contributed by atoms with Gasteiger partial charge in [0.05, 0.1) is 5.60 Å². The number of carbonyl (C=O) groups is 1. The van der Waals surface area contributed by atoms with Crippen molar-refractivity contribution in [3.05, 3.63) is 35.9 Å². The van der Waals surface area contributed by atoms with Gasteiger partial charge in [0.2, 0.25) is 0 Å². The van der Waals surface area contributed by atoms with E-state index in [0.29, 0.717) is 19.4 Å². The van der Waals surface area contributed by atoms with Crippen molar-refractivity contribution < 1.29 is 14.6 Å². The molecule has 2 saturated heterocycles. The Kier molecular flexibility index (Phi) is 4.39. The summed E-state index contributed by atoms with van der Waals surface area (Å²) in [5.74, 6) is 0. The lowest BCUT2D eigenvalue weighted by atomic mass is 9.74. The Bertz CT molecular complexity index is 502. The molecule has 0 spiro atoms. The Balaban J connectivity index is 1.65. The van der Waals surface area contributed by atoms with E-state index in [9.17, 15) is 9.90 Å². The van der Waals surface area contributed by atoms with Crippen LogP contribution in [0.15, 0.2) is 30.3 Å². The monoisotopic (exact) mass is 303 g/mol. The van der Waals surface area contributed by atoms with Gasteiger partial charge >= 0.3 is 6.09 Å². The summed E-state index contributed by atoms with van der Waals surface area (Å²) in [5.41, 5.74) is 0.398. The number of piperidine rings is 2. The number of amides is 1. The van der Waals surface area contributed by atoms with Gasteiger partial charge in [0.25, 0.3) is 0 Å². The van der Waals surface area contributed by atoms with Crippen molar-refractivity contribution in [2.24, 2.45) is 0 Å². The molecule has 4 heteroatoms. The van der Waals surface area contributed by atoms with Crippen LogP contribution in [0.5, 0.6) is 0 Å². The summed E-state index contributed by atoms with van der Waals surface area (Å²) >= 11 is 0. The summed E-state index contributed by atoms with van der Waals surface area (Å²) in [5, 5.41) is 10.6. The highest BCUT2D eigenvalue weighted by Crippen LogP contribution is 2.40. The standard InChI is InChI=1S/C18H25NO3/c1-2-18(21)11-15-9-6-10-16(12-18)19(15)17(20)22-13-14-7-4-3-5-8-14/h3-5,7-8,15-16,21H,2,6,9-13H2,1H3. The summed E-state index contributed by atoms with van der Waals surface area (Å²) in [6, 6.07) is 10.0. The molecule has 1 N–H and O–H groups in total. The first-order valence-corrected chi connectivity index (χ1v) is 8.33. The third-order valence-electron chi connectivity index (χ3n) is 5.17. The molecule has 0 saturated carbocycles. The highest BCUT2D eigenvalue weighted by Gasteiger charge is 2.46. The molecule has 0 aliphatic carbocycles. The Hall–Kier alpha value is -1.55. The van der Waals surface area contributed by atoms with E-state index in [2.05, 4.69) is 0 Å². The number of benzene rings is 1. The largest absolute Gasteiger partial charge is 0.445 e. The Labute approximate surface area is 132 Å². The van der Waals surface area contributed by atoms with Crippen LogP contribution in [0.3, 0.4) is 0 Å². The highest BCUT2D eigenvalue weighted by atomic mass is 16.6. The highest BCUT2D eigenvalue weighted by molar-refractivity contribution is 5.69. The summed E-state index contributed by atoms with van der Waals surface area (Å²) in [6.45, 7) is 2.34. The number of aliphatic hydroxyl groups is 1. The minimum Gasteiger partial charge on any atom is -0.445 e. The van der Waals surface area contributed by atoms with Gasteiger partial charge in [0, 0.05) is 12.1 Å². The summed E-state index contributed by atoms with van der Waals surface area (Å²) in [7, 11) is 0. The van der Waals surface area contributed by atoms with E-state index in [0.717, 1.165) is 31.2 Å². The molecule has 1 aromatic carbocycles. The average Bonchev–Trinajstić information content (AvgIpc) is 2.53. The molecule has 3 rings (SSSR count). The van der Waals surface area contributed by atoms with Crippen LogP contribution in [-0.4, -0.2) is 33.8 Å². The van der Waals surface area contributed by atoms with Crippen LogP contribution < -0.4 is 0 Å². The maximum Gasteiger partial charge on any atom is 0.410 e. The van der Waals surface area contributed by atoms with Gasteiger partial charge in [-0.15, -0.1) is 0 Å². The van der Waals surface area contributed by atoms with Crippen molar-refractivity contribution in [1.29, 1.82) is 0 Å². The predicted molar refractivity (Wildman–Crippen MR) is 84.4 cm³/mol. The molecular weight excluding hydrogens is 278 g/mol. The fourth-order valence-corrected chi connectivity index (χ4v) is 3.91. The first-order valence-electron chi connectivity index (χ1n) is 8.33. The lowest BCUT2D eigenvalue weighted by Gasteiger charge is -2.51. The predicted octanol–water partition coefficient (Wildman–Crippen LogP) is 3.48. The summed E-state index contributed by atoms with van der Waals surface area (Å²) < 4.78 is 5.51. The number of rotatable bonds is 3. The van der Waals surface area contributed by atoms with Gasteiger partial charge in [-0.3, -0.25) is 0 Å². The Morgan fingerprint density at radius 1 is 1.27 bits per heavy atom. The minimum absolute atomic E-state index is 0.126. The second kappa shape index (κ2) is 6.29. The molecule has 2 heterocycles. The van der Waals surface area contributed by atoms with Gasteiger partial charge in [0.15, 0.2) is 0 Å². The van der Waals surface area contributed by atoms with Gasteiger partial charge < -0.3 is 14.7 Å². The second-order valence-corrected chi connectivity index (χ2v) is 6.67. The molecular formula is C18H25NO3. The van der Waals surface area contributed by atoms with Crippen molar-refractivity contribution >= 4 is 6.09 Å². The topological polar surface area (TPSA) is 49.8 Å². The lowest BCUT2D eigenvalue weighted by molar-refractivity contribution is -0.0866. The first kappa shape index (κ1) is 15.3. The van der Waals surface area contributed by atoms with Crippen LogP contribution in [0.25, 0.3) is 0 Å². The Morgan fingerprint density at radius 2 is 1.91 bits per heavy atom. The smallest absolute Gasteiger partial charge is 0.410 e. The van der Waals surface area contributed by atoms with Crippen molar-refractivity contribution in [3.8, 4) is 0 Å². The van der Waals surface area contributed by atoms with E-state index >= 15 is 0 Å². The molecule has 2 aliphatic heterocycles. The number of ether oxygens (including phenoxy) is 1. The number of carbonyl (C=O) groups excluding carboxylic acids is 1. The van der Waals surface area contributed by atoms with E-state index in [1.165, 1.54) is 0 Å². The normalized spacial score (nSPS) is 30.9. The van der Waals surface area contributed by atoms with Crippen molar-refractivity contribution in [2.45, 2.75) is 69.7 Å². The van der Waals surface area contributed by atoms with Gasteiger partial charge in [-0.2, -0.15) is 0 Å². The Morgan fingerprint density at radius 3 is 2.50 bits per heavy atom. The zero-order valence-corrected chi connectivity index (χ0v) is 13.2. The van der Waals surface area contributed by atoms with Crippen LogP contribution in [0.2, 0.25) is 0 Å². The first-order chi connectivity index (χ1) is 10.6. The van der Waals surface area contributed by atoms with Crippen LogP contribution in [-0.2, 0) is 11.3 Å². The molecule has 2 unspecified atom stereocenters. The number of hydrogen-bond acceptors (Lipinski definition) is 3. The van der Waals surface area contributed by atoms with Crippen molar-refractivity contribution in [2.75, 3.05) is 0 Å². The maximum absolute atomic E-state index is 12.5. The van der Waals surface area contributed by atoms with E-state index < -0.39 is 5.60 Å². The molecule has 2 bridgehead atoms. The van der Waals surface area contributed by atoms with E-state index in [4.69, 9.17) is 4.74 Å². The lowest BCUT2D eigenvalue weighted by Crippen LogP contribution is -2.59. The second-order valence-electron chi connectivity index (χ2n) is 6.67. The molecule has 1 amide bonds. The maximum atomic E-state index is 12.5. The fourth-order valence-electron chi connectivity index (χ4n) is 3.91. The number of nitrogens with zero attached hydrogens (tertiary/aromatic N) is 1. The van der Waals surface area contributed by atoms with E-state index in [-0.39, 0.29) is 18.2 Å². The quantitative estimate of drug-likeness (QED) is 0.930. The van der Waals surface area contributed by atoms with Crippen LogP contribution in [0, 0.1) is 0 Å². The van der Waals surface area contributed by atoms with Crippen LogP contribution in [0.1, 0.15) is 51.0 Å². The van der Waals surface area contributed by atoms with Gasteiger partial charge in [0.1, 0.15) is 6.61 Å². The van der Waals surface area contributed by atoms with Crippen LogP contribution in [0.4, 0.5) is 4.79 Å². The molecule has 2 atom stereocenters. The van der Waals surface area contributed by atoms with Gasteiger partial charge in [-0.25, -0.2) is 4.79 Å². The zero-order chi connectivity index (χ0) is 15.6. The van der Waals surface area contributed by atoms with E-state index in [1.807, 2.05) is 42.2 Å². The molecule has 4 nitrogen and oxygen atoms in total. The molecule has 2 aliphatic rings. The molecule has 120 valence electrons. The summed E-state index contributed by atoms with van der Waals surface area (Å²) in [4.78, 5) is 14.4. The van der Waals surface area contributed by atoms with Crippen molar-refractivity contribution in [3.63, 3.8) is 0 Å². The van der Waals surface area contributed by atoms with Gasteiger partial charge in [-0.05, 0) is 44.1 Å². The molecule has 0 radical (unpaired) electrons. The molecule has 0 aromatic heterocycles. The average molecular weight is 303 g/mol. The van der Waals surface area contributed by atoms with E-state index in [1.54, 1.807) is 0 Å². The fraction of sp³-hybridized carbons (Fsp3) is 0.611.